The number of ether oxygens (including phenoxy) is 1. The van der Waals surface area contributed by atoms with Crippen LogP contribution < -0.4 is 5.32 Å². The summed E-state index contributed by atoms with van der Waals surface area (Å²) in [6, 6.07) is 16.8. The van der Waals surface area contributed by atoms with Crippen LogP contribution in [0, 0.1) is 0 Å². The summed E-state index contributed by atoms with van der Waals surface area (Å²) in [5.41, 5.74) is 2.65. The molecule has 2 aromatic carbocycles. The first-order valence-corrected chi connectivity index (χ1v) is 7.28. The van der Waals surface area contributed by atoms with Crippen molar-refractivity contribution in [1.82, 2.24) is 0 Å². The first-order valence-electron chi connectivity index (χ1n) is 7.28. The van der Waals surface area contributed by atoms with E-state index in [0.717, 1.165) is 24.0 Å². The highest BCUT2D eigenvalue weighted by Crippen LogP contribution is 2.10. The summed E-state index contributed by atoms with van der Waals surface area (Å²) >= 11 is 0. The van der Waals surface area contributed by atoms with Gasteiger partial charge in [0, 0.05) is 18.7 Å². The summed E-state index contributed by atoms with van der Waals surface area (Å²) in [5.74, 6) is -0.313. The maximum atomic E-state index is 11.7. The van der Waals surface area contributed by atoms with E-state index >= 15 is 0 Å². The number of aldehydes is 1. The molecule has 0 unspecified atom stereocenters. The molecule has 0 amide bonds. The number of carbonyl (C=O) groups excluding carboxylic acids is 2. The SMILES string of the molecule is O=CCCc1ccc(NCCOC(=O)c2ccccc2)cc1. The highest BCUT2D eigenvalue weighted by atomic mass is 16.5. The molecule has 2 aromatic rings. The Morgan fingerprint density at radius 1 is 1.05 bits per heavy atom. The summed E-state index contributed by atoms with van der Waals surface area (Å²) in [6.07, 6.45) is 2.23. The second-order valence-corrected chi connectivity index (χ2v) is 4.83. The van der Waals surface area contributed by atoms with Crippen molar-refractivity contribution in [1.29, 1.82) is 0 Å². The molecule has 0 atom stereocenters. The van der Waals surface area contributed by atoms with Crippen LogP contribution in [0.4, 0.5) is 5.69 Å². The van der Waals surface area contributed by atoms with Gasteiger partial charge in [-0.05, 0) is 36.2 Å². The van der Waals surface area contributed by atoms with E-state index in [1.165, 1.54) is 0 Å². The molecule has 22 heavy (non-hydrogen) atoms. The van der Waals surface area contributed by atoms with E-state index in [1.807, 2.05) is 30.3 Å². The van der Waals surface area contributed by atoms with E-state index in [4.69, 9.17) is 4.74 Å². The zero-order chi connectivity index (χ0) is 15.6. The van der Waals surface area contributed by atoms with Gasteiger partial charge in [0.15, 0.2) is 0 Å². The molecule has 1 N–H and O–H groups in total. The van der Waals surface area contributed by atoms with Gasteiger partial charge >= 0.3 is 5.97 Å². The fourth-order valence-corrected chi connectivity index (χ4v) is 2.01. The molecule has 0 aliphatic carbocycles. The van der Waals surface area contributed by atoms with Gasteiger partial charge in [0.2, 0.25) is 0 Å². The van der Waals surface area contributed by atoms with Crippen molar-refractivity contribution < 1.29 is 14.3 Å². The van der Waals surface area contributed by atoms with Crippen LogP contribution in [0.15, 0.2) is 54.6 Å². The molecular weight excluding hydrogens is 278 g/mol. The number of rotatable bonds is 8. The summed E-state index contributed by atoms with van der Waals surface area (Å²) < 4.78 is 5.19. The molecule has 0 aliphatic rings. The highest BCUT2D eigenvalue weighted by Gasteiger charge is 2.04. The molecule has 0 spiro atoms. The van der Waals surface area contributed by atoms with Crippen molar-refractivity contribution in [3.63, 3.8) is 0 Å². The first kappa shape index (κ1) is 15.8. The second kappa shape index (κ2) is 8.62. The lowest BCUT2D eigenvalue weighted by atomic mass is 10.1. The lowest BCUT2D eigenvalue weighted by Crippen LogP contribution is -2.13. The van der Waals surface area contributed by atoms with Crippen LogP contribution in [-0.4, -0.2) is 25.4 Å². The lowest BCUT2D eigenvalue weighted by Gasteiger charge is -2.08. The summed E-state index contributed by atoms with van der Waals surface area (Å²) in [5, 5.41) is 3.19. The van der Waals surface area contributed by atoms with Crippen LogP contribution in [0.5, 0.6) is 0 Å². The van der Waals surface area contributed by atoms with Crippen molar-refractivity contribution >= 4 is 17.9 Å². The minimum absolute atomic E-state index is 0.306. The molecule has 4 heteroatoms. The van der Waals surface area contributed by atoms with Gasteiger partial charge in [0.25, 0.3) is 0 Å². The molecule has 0 saturated heterocycles. The van der Waals surface area contributed by atoms with E-state index in [0.29, 0.717) is 25.1 Å². The van der Waals surface area contributed by atoms with Crippen molar-refractivity contribution in [3.8, 4) is 0 Å². The van der Waals surface area contributed by atoms with Crippen LogP contribution in [0.3, 0.4) is 0 Å². The van der Waals surface area contributed by atoms with Crippen LogP contribution in [0.1, 0.15) is 22.3 Å². The van der Waals surface area contributed by atoms with Gasteiger partial charge in [-0.25, -0.2) is 4.79 Å². The predicted octanol–water partition coefficient (Wildman–Crippen LogP) is 3.09. The number of hydrogen-bond acceptors (Lipinski definition) is 4. The maximum absolute atomic E-state index is 11.7. The molecular formula is C18H19NO3. The number of aryl methyl sites for hydroxylation is 1. The van der Waals surface area contributed by atoms with Gasteiger partial charge in [-0.15, -0.1) is 0 Å². The zero-order valence-electron chi connectivity index (χ0n) is 12.3. The summed E-state index contributed by atoms with van der Waals surface area (Å²) in [7, 11) is 0. The predicted molar refractivity (Wildman–Crippen MR) is 86.0 cm³/mol. The van der Waals surface area contributed by atoms with Gasteiger partial charge in [-0.2, -0.15) is 0 Å². The van der Waals surface area contributed by atoms with E-state index < -0.39 is 0 Å². The van der Waals surface area contributed by atoms with Gasteiger partial charge < -0.3 is 14.8 Å². The number of nitrogens with one attached hydrogen (secondary N) is 1. The third-order valence-electron chi connectivity index (χ3n) is 3.18. The smallest absolute Gasteiger partial charge is 0.338 e. The summed E-state index contributed by atoms with van der Waals surface area (Å²) in [6.45, 7) is 0.854. The Hall–Kier alpha value is -2.62. The Morgan fingerprint density at radius 2 is 1.77 bits per heavy atom. The molecule has 2 rings (SSSR count). The van der Waals surface area contributed by atoms with Crippen LogP contribution in [-0.2, 0) is 16.0 Å². The van der Waals surface area contributed by atoms with Crippen LogP contribution >= 0.6 is 0 Å². The molecule has 0 saturated carbocycles. The number of benzene rings is 2. The Labute approximate surface area is 130 Å². The number of esters is 1. The van der Waals surface area contributed by atoms with Crippen molar-refractivity contribution in [2.75, 3.05) is 18.5 Å². The Morgan fingerprint density at radius 3 is 2.45 bits per heavy atom. The van der Waals surface area contributed by atoms with E-state index in [2.05, 4.69) is 5.32 Å². The average molecular weight is 297 g/mol. The summed E-state index contributed by atoms with van der Waals surface area (Å²) in [4.78, 5) is 22.0. The monoisotopic (exact) mass is 297 g/mol. The van der Waals surface area contributed by atoms with E-state index in [9.17, 15) is 9.59 Å². The topological polar surface area (TPSA) is 55.4 Å². The first-order chi connectivity index (χ1) is 10.8. The van der Waals surface area contributed by atoms with Gasteiger partial charge in [0.05, 0.1) is 5.56 Å². The van der Waals surface area contributed by atoms with Crippen LogP contribution in [0.2, 0.25) is 0 Å². The normalized spacial score (nSPS) is 10.0. The largest absolute Gasteiger partial charge is 0.460 e. The van der Waals surface area contributed by atoms with Crippen LogP contribution in [0.25, 0.3) is 0 Å². The van der Waals surface area contributed by atoms with E-state index in [1.54, 1.807) is 24.3 Å². The molecule has 0 aromatic heterocycles. The quantitative estimate of drug-likeness (QED) is 0.462. The number of anilines is 1. The Bertz CT molecular complexity index is 593. The maximum Gasteiger partial charge on any atom is 0.338 e. The molecule has 0 radical (unpaired) electrons. The van der Waals surface area contributed by atoms with Crippen molar-refractivity contribution in [2.24, 2.45) is 0 Å². The molecule has 0 fully saturated rings. The molecule has 0 heterocycles. The highest BCUT2D eigenvalue weighted by molar-refractivity contribution is 5.89. The van der Waals surface area contributed by atoms with E-state index in [-0.39, 0.29) is 5.97 Å². The fraction of sp³-hybridized carbons (Fsp3) is 0.222. The number of carbonyl (C=O) groups is 2. The Kier molecular flexibility index (Phi) is 6.18. The van der Waals surface area contributed by atoms with Crippen molar-refractivity contribution in [3.05, 3.63) is 65.7 Å². The minimum Gasteiger partial charge on any atom is -0.460 e. The molecule has 0 bridgehead atoms. The third kappa shape index (κ3) is 5.05. The molecule has 4 nitrogen and oxygen atoms in total. The Balaban J connectivity index is 1.70. The van der Waals surface area contributed by atoms with Gasteiger partial charge in [0.1, 0.15) is 12.9 Å². The molecule has 114 valence electrons. The zero-order valence-corrected chi connectivity index (χ0v) is 12.3. The third-order valence-corrected chi connectivity index (χ3v) is 3.18. The van der Waals surface area contributed by atoms with Crippen molar-refractivity contribution in [2.45, 2.75) is 12.8 Å². The fourth-order valence-electron chi connectivity index (χ4n) is 2.01. The van der Waals surface area contributed by atoms with Gasteiger partial charge in [-0.1, -0.05) is 30.3 Å². The standard InChI is InChI=1S/C18H19NO3/c20-13-4-5-15-8-10-17(11-9-15)19-12-14-22-18(21)16-6-2-1-3-7-16/h1-3,6-11,13,19H,4-5,12,14H2. The number of hydrogen-bond donors (Lipinski definition) is 1. The lowest BCUT2D eigenvalue weighted by molar-refractivity contribution is -0.107. The van der Waals surface area contributed by atoms with Gasteiger partial charge in [-0.3, -0.25) is 0 Å². The average Bonchev–Trinajstić information content (AvgIpc) is 2.58. The second-order valence-electron chi connectivity index (χ2n) is 4.83. The minimum atomic E-state index is -0.313. The molecule has 0 aliphatic heterocycles.